The molecule has 0 atom stereocenters. The number of fused-ring (bicyclic) bond motifs is 6. The Morgan fingerprint density at radius 3 is 1.82 bits per heavy atom. The Hall–Kier alpha value is -6.72. The molecule has 10 aromatic rings. The van der Waals surface area contributed by atoms with Crippen LogP contribution in [-0.4, -0.2) is 16.2 Å². The second-order valence-corrected chi connectivity index (χ2v) is 12.8. The quantitative estimate of drug-likeness (QED) is 0.115. The first kappa shape index (κ1) is 28.3. The Balaban J connectivity index is 1.07. The molecule has 0 amide bonds. The smallest absolute Gasteiger partial charge is 0.157 e. The van der Waals surface area contributed by atoms with Crippen LogP contribution in [0.15, 0.2) is 172 Å². The first-order valence-corrected chi connectivity index (χ1v) is 16.8. The van der Waals surface area contributed by atoms with Gasteiger partial charge in [-0.3, -0.25) is 4.99 Å². The molecule has 2 N–H and O–H groups in total. The van der Waals surface area contributed by atoms with Crippen molar-refractivity contribution in [3.8, 4) is 5.69 Å². The van der Waals surface area contributed by atoms with E-state index in [1.165, 1.54) is 43.4 Å². The van der Waals surface area contributed by atoms with Gasteiger partial charge in [0.15, 0.2) is 5.84 Å². The highest BCUT2D eigenvalue weighted by Gasteiger charge is 2.20. The van der Waals surface area contributed by atoms with Gasteiger partial charge in [0.2, 0.25) is 0 Å². The fourth-order valence-corrected chi connectivity index (χ4v) is 7.57. The second kappa shape index (κ2) is 11.2. The Morgan fingerprint density at radius 1 is 0.520 bits per heavy atom. The molecule has 0 aliphatic carbocycles. The molecular weight excluding hydrogens is 613 g/mol. The van der Waals surface area contributed by atoms with Crippen LogP contribution in [0.3, 0.4) is 0 Å². The fraction of sp³-hybridized carbons (Fsp3) is 0.0222. The SMILES string of the molecule is NC(=NC(=NCc1ccc2c(c1)oc1ccc(-n3c4cccc5c6ccccc6c6cccc3c6c54)cc12)c1ccccc1)c1ccccc1. The van der Waals surface area contributed by atoms with E-state index < -0.39 is 0 Å². The number of amidine groups is 2. The molecule has 0 aliphatic rings. The second-order valence-electron chi connectivity index (χ2n) is 12.8. The van der Waals surface area contributed by atoms with Crippen molar-refractivity contribution < 1.29 is 4.42 Å². The standard InChI is InChI=1S/C45H30N4O/c46-44(29-11-3-1-4-12-29)48-45(30-13-5-2-6-14-30)47-27-28-21-23-34-37-26-31(22-24-40(37)50-41(34)25-28)49-38-19-9-17-35-32-15-7-8-16-33(32)36-18-10-20-39(49)43(36)42(35)38/h1-26H,27H2,(H2,46,47,48). The molecule has 0 saturated heterocycles. The van der Waals surface area contributed by atoms with Gasteiger partial charge in [0.05, 0.1) is 17.6 Å². The predicted molar refractivity (Wildman–Crippen MR) is 208 cm³/mol. The van der Waals surface area contributed by atoms with Crippen LogP contribution in [0.5, 0.6) is 0 Å². The summed E-state index contributed by atoms with van der Waals surface area (Å²) in [7, 11) is 0. The molecule has 0 radical (unpaired) electrons. The van der Waals surface area contributed by atoms with Crippen molar-refractivity contribution in [2.45, 2.75) is 6.54 Å². The maximum absolute atomic E-state index is 6.44. The monoisotopic (exact) mass is 642 g/mol. The summed E-state index contributed by atoms with van der Waals surface area (Å²) in [6.07, 6.45) is 0. The van der Waals surface area contributed by atoms with Crippen LogP contribution in [-0.2, 0) is 6.54 Å². The molecule has 0 saturated carbocycles. The predicted octanol–water partition coefficient (Wildman–Crippen LogP) is 10.8. The van der Waals surface area contributed by atoms with Gasteiger partial charge in [0.1, 0.15) is 17.0 Å². The minimum Gasteiger partial charge on any atom is -0.456 e. The van der Waals surface area contributed by atoms with Crippen molar-refractivity contribution in [3.63, 3.8) is 0 Å². The van der Waals surface area contributed by atoms with E-state index in [0.29, 0.717) is 18.2 Å². The number of hydrogen-bond acceptors (Lipinski definition) is 2. The molecule has 0 bridgehead atoms. The van der Waals surface area contributed by atoms with E-state index in [1.807, 2.05) is 60.7 Å². The highest BCUT2D eigenvalue weighted by Crippen LogP contribution is 2.44. The Morgan fingerprint density at radius 2 is 1.14 bits per heavy atom. The lowest BCUT2D eigenvalue weighted by atomic mass is 9.95. The molecular formula is C45H30N4O. The number of benzene rings is 8. The Bertz CT molecular complexity index is 2860. The molecule has 5 heteroatoms. The molecule has 0 spiro atoms. The molecule has 50 heavy (non-hydrogen) atoms. The molecule has 0 fully saturated rings. The molecule has 0 aliphatic heterocycles. The van der Waals surface area contributed by atoms with E-state index in [1.54, 1.807) is 0 Å². The first-order chi connectivity index (χ1) is 24.7. The number of furan rings is 1. The van der Waals surface area contributed by atoms with Crippen LogP contribution in [0.4, 0.5) is 0 Å². The van der Waals surface area contributed by atoms with Gasteiger partial charge >= 0.3 is 0 Å². The lowest BCUT2D eigenvalue weighted by molar-refractivity contribution is 0.668. The van der Waals surface area contributed by atoms with E-state index in [-0.39, 0.29) is 0 Å². The zero-order chi connectivity index (χ0) is 33.2. The minimum absolute atomic E-state index is 0.429. The van der Waals surface area contributed by atoms with Crippen molar-refractivity contribution in [3.05, 3.63) is 174 Å². The zero-order valence-electron chi connectivity index (χ0n) is 27.0. The summed E-state index contributed by atoms with van der Waals surface area (Å²) in [6.45, 7) is 0.433. The maximum Gasteiger partial charge on any atom is 0.157 e. The number of nitrogens with two attached hydrogens (primary N) is 1. The van der Waals surface area contributed by atoms with Gasteiger partial charge in [-0.15, -0.1) is 0 Å². The van der Waals surface area contributed by atoms with Crippen molar-refractivity contribution in [2.24, 2.45) is 15.7 Å². The van der Waals surface area contributed by atoms with Crippen molar-refractivity contribution >= 4 is 77.0 Å². The summed E-state index contributed by atoms with van der Waals surface area (Å²) in [5, 5.41) is 9.92. The minimum atomic E-state index is 0.429. The largest absolute Gasteiger partial charge is 0.456 e. The van der Waals surface area contributed by atoms with Gasteiger partial charge in [0.25, 0.3) is 0 Å². The van der Waals surface area contributed by atoms with Crippen molar-refractivity contribution in [2.75, 3.05) is 0 Å². The normalized spacial score (nSPS) is 12.8. The Kier molecular flexibility index (Phi) is 6.33. The summed E-state index contributed by atoms with van der Waals surface area (Å²) in [5.74, 6) is 1.02. The van der Waals surface area contributed by atoms with Crippen molar-refractivity contribution in [1.82, 2.24) is 4.57 Å². The van der Waals surface area contributed by atoms with E-state index in [0.717, 1.165) is 44.3 Å². The molecule has 5 nitrogen and oxygen atoms in total. The molecule has 8 aromatic carbocycles. The number of rotatable bonds is 5. The summed E-state index contributed by atoms with van der Waals surface area (Å²) in [4.78, 5) is 9.69. The zero-order valence-corrected chi connectivity index (χ0v) is 27.0. The van der Waals surface area contributed by atoms with Crippen LogP contribution in [0, 0.1) is 0 Å². The van der Waals surface area contributed by atoms with Gasteiger partial charge in [0, 0.05) is 38.4 Å². The number of nitrogens with zero attached hydrogens (tertiary/aromatic N) is 3. The average molecular weight is 643 g/mol. The summed E-state index contributed by atoms with van der Waals surface area (Å²) in [5.41, 5.74) is 14.4. The molecule has 236 valence electrons. The summed E-state index contributed by atoms with van der Waals surface area (Å²) < 4.78 is 8.84. The summed E-state index contributed by atoms with van der Waals surface area (Å²) >= 11 is 0. The number of aromatic nitrogens is 1. The van der Waals surface area contributed by atoms with Gasteiger partial charge in [-0.2, -0.15) is 0 Å². The average Bonchev–Trinajstić information content (AvgIpc) is 3.72. The lowest BCUT2D eigenvalue weighted by Crippen LogP contribution is -2.16. The molecule has 2 aromatic heterocycles. The van der Waals surface area contributed by atoms with Crippen LogP contribution in [0.2, 0.25) is 0 Å². The molecule has 10 rings (SSSR count). The third-order valence-electron chi connectivity index (χ3n) is 9.84. The highest BCUT2D eigenvalue weighted by molar-refractivity contribution is 6.34. The van der Waals surface area contributed by atoms with Crippen LogP contribution >= 0.6 is 0 Å². The Labute approximate surface area is 287 Å². The van der Waals surface area contributed by atoms with Crippen molar-refractivity contribution in [1.29, 1.82) is 0 Å². The van der Waals surface area contributed by atoms with Crippen LogP contribution in [0.25, 0.3) is 71.0 Å². The van der Waals surface area contributed by atoms with Gasteiger partial charge < -0.3 is 14.7 Å². The van der Waals surface area contributed by atoms with Crippen LogP contribution in [0.1, 0.15) is 16.7 Å². The third kappa shape index (κ3) is 4.41. The molecule has 0 unspecified atom stereocenters. The number of hydrogen-bond donors (Lipinski definition) is 1. The fourth-order valence-electron chi connectivity index (χ4n) is 7.57. The van der Waals surface area contributed by atoms with E-state index in [4.69, 9.17) is 20.1 Å². The first-order valence-electron chi connectivity index (χ1n) is 16.8. The van der Waals surface area contributed by atoms with E-state index in [2.05, 4.69) is 102 Å². The van der Waals surface area contributed by atoms with Gasteiger partial charge in [-0.1, -0.05) is 121 Å². The lowest BCUT2D eigenvalue weighted by Gasteiger charge is -2.08. The highest BCUT2D eigenvalue weighted by atomic mass is 16.3. The van der Waals surface area contributed by atoms with Gasteiger partial charge in [-0.25, -0.2) is 4.99 Å². The molecule has 2 heterocycles. The third-order valence-corrected chi connectivity index (χ3v) is 9.84. The maximum atomic E-state index is 6.44. The number of aliphatic imine (C=N–C) groups is 2. The topological polar surface area (TPSA) is 68.8 Å². The van der Waals surface area contributed by atoms with E-state index in [9.17, 15) is 0 Å². The van der Waals surface area contributed by atoms with E-state index >= 15 is 0 Å². The van der Waals surface area contributed by atoms with Gasteiger partial charge in [-0.05, 0) is 63.5 Å². The van der Waals surface area contributed by atoms with Crippen LogP contribution < -0.4 is 5.73 Å². The summed E-state index contributed by atoms with van der Waals surface area (Å²) in [6, 6.07) is 54.7.